The highest BCUT2D eigenvalue weighted by atomic mass is 15.5. The van der Waals surface area contributed by atoms with E-state index < -0.39 is 0 Å². The molecule has 1 heterocycles. The summed E-state index contributed by atoms with van der Waals surface area (Å²) in [6, 6.07) is 10.2. The number of hydrogen-bond acceptors (Lipinski definition) is 3. The monoisotopic (exact) mass is 230 g/mol. The Kier molecular flexibility index (Phi) is 3.88. The van der Waals surface area contributed by atoms with E-state index in [1.165, 1.54) is 0 Å². The lowest BCUT2D eigenvalue weighted by Gasteiger charge is -2.02. The second-order valence-electron chi connectivity index (χ2n) is 4.03. The molecular weight excluding hydrogens is 212 g/mol. The van der Waals surface area contributed by atoms with E-state index in [1.807, 2.05) is 25.2 Å². The Morgan fingerprint density at radius 3 is 2.65 bits per heavy atom. The first-order valence-corrected chi connectivity index (χ1v) is 5.97. The normalized spacial score (nSPS) is 10.7. The number of benzene rings is 1. The van der Waals surface area contributed by atoms with Gasteiger partial charge in [0.25, 0.3) is 0 Å². The van der Waals surface area contributed by atoms with Gasteiger partial charge in [-0.15, -0.1) is 0 Å². The van der Waals surface area contributed by atoms with Gasteiger partial charge in [0.15, 0.2) is 0 Å². The van der Waals surface area contributed by atoms with Gasteiger partial charge in [0, 0.05) is 19.2 Å². The molecule has 0 radical (unpaired) electrons. The predicted octanol–water partition coefficient (Wildman–Crippen LogP) is 1.98. The van der Waals surface area contributed by atoms with Crippen molar-refractivity contribution in [1.29, 1.82) is 0 Å². The van der Waals surface area contributed by atoms with Gasteiger partial charge in [-0.25, -0.2) is 0 Å². The molecule has 0 spiro atoms. The number of nitrogens with one attached hydrogen (secondary N) is 1. The summed E-state index contributed by atoms with van der Waals surface area (Å²) in [5.74, 6) is 0. The van der Waals surface area contributed by atoms with Gasteiger partial charge < -0.3 is 5.32 Å². The highest BCUT2D eigenvalue weighted by Gasteiger charge is 2.10. The smallest absolute Gasteiger partial charge is 0.117 e. The fourth-order valence-electron chi connectivity index (χ4n) is 1.77. The van der Waals surface area contributed by atoms with E-state index in [1.54, 1.807) is 4.80 Å². The molecular formula is C13H18N4. The van der Waals surface area contributed by atoms with E-state index >= 15 is 0 Å². The molecule has 2 aromatic rings. The first-order chi connectivity index (χ1) is 8.31. The molecule has 0 unspecified atom stereocenters. The maximum Gasteiger partial charge on any atom is 0.117 e. The van der Waals surface area contributed by atoms with Crippen molar-refractivity contribution >= 4 is 0 Å². The standard InChI is InChI=1S/C13H18N4/c1-3-9-14-10-12-13(16-17(2)15-12)11-7-5-4-6-8-11/h4-8,14H,3,9-10H2,1-2H3. The Balaban J connectivity index is 2.22. The van der Waals surface area contributed by atoms with E-state index in [9.17, 15) is 0 Å². The van der Waals surface area contributed by atoms with Gasteiger partial charge in [-0.2, -0.15) is 15.0 Å². The average Bonchev–Trinajstić information content (AvgIpc) is 2.72. The summed E-state index contributed by atoms with van der Waals surface area (Å²) in [5, 5.41) is 12.2. The second kappa shape index (κ2) is 5.59. The van der Waals surface area contributed by atoms with E-state index in [2.05, 4.69) is 34.6 Å². The number of aryl methyl sites for hydroxylation is 1. The van der Waals surface area contributed by atoms with E-state index in [0.717, 1.165) is 36.5 Å². The lowest BCUT2D eigenvalue weighted by Crippen LogP contribution is -2.14. The lowest BCUT2D eigenvalue weighted by molar-refractivity contribution is 0.620. The van der Waals surface area contributed by atoms with Crippen molar-refractivity contribution in [3.63, 3.8) is 0 Å². The van der Waals surface area contributed by atoms with Crippen molar-refractivity contribution in [3.05, 3.63) is 36.0 Å². The van der Waals surface area contributed by atoms with Gasteiger partial charge >= 0.3 is 0 Å². The largest absolute Gasteiger partial charge is 0.311 e. The van der Waals surface area contributed by atoms with E-state index in [0.29, 0.717) is 0 Å². The zero-order valence-electron chi connectivity index (χ0n) is 10.3. The molecule has 0 saturated heterocycles. The van der Waals surface area contributed by atoms with Crippen molar-refractivity contribution in [2.75, 3.05) is 6.54 Å². The molecule has 0 amide bonds. The highest BCUT2D eigenvalue weighted by molar-refractivity contribution is 5.60. The summed E-state index contributed by atoms with van der Waals surface area (Å²) < 4.78 is 0. The predicted molar refractivity (Wildman–Crippen MR) is 68.4 cm³/mol. The molecule has 0 aliphatic heterocycles. The van der Waals surface area contributed by atoms with Crippen LogP contribution in [-0.4, -0.2) is 21.5 Å². The van der Waals surface area contributed by atoms with Crippen LogP contribution in [0.1, 0.15) is 19.0 Å². The minimum atomic E-state index is 0.770. The minimum absolute atomic E-state index is 0.770. The third-order valence-electron chi connectivity index (χ3n) is 2.55. The minimum Gasteiger partial charge on any atom is -0.311 e. The van der Waals surface area contributed by atoms with Crippen LogP contribution in [0, 0.1) is 0 Å². The number of aromatic nitrogens is 3. The highest BCUT2D eigenvalue weighted by Crippen LogP contribution is 2.19. The van der Waals surface area contributed by atoms with Crippen LogP contribution >= 0.6 is 0 Å². The van der Waals surface area contributed by atoms with Crippen LogP contribution in [0.5, 0.6) is 0 Å². The SMILES string of the molecule is CCCNCc1nn(C)nc1-c1ccccc1. The van der Waals surface area contributed by atoms with Crippen molar-refractivity contribution in [2.45, 2.75) is 19.9 Å². The first-order valence-electron chi connectivity index (χ1n) is 5.97. The molecule has 0 saturated carbocycles. The summed E-state index contributed by atoms with van der Waals surface area (Å²) in [7, 11) is 1.86. The fraction of sp³-hybridized carbons (Fsp3) is 0.385. The van der Waals surface area contributed by atoms with Crippen LogP contribution < -0.4 is 5.32 Å². The molecule has 90 valence electrons. The molecule has 2 rings (SSSR count). The van der Waals surface area contributed by atoms with Crippen LogP contribution in [0.2, 0.25) is 0 Å². The summed E-state index contributed by atoms with van der Waals surface area (Å²) >= 11 is 0. The fourth-order valence-corrected chi connectivity index (χ4v) is 1.77. The average molecular weight is 230 g/mol. The van der Waals surface area contributed by atoms with Crippen molar-refractivity contribution in [1.82, 2.24) is 20.3 Å². The molecule has 1 N–H and O–H groups in total. The van der Waals surface area contributed by atoms with Gasteiger partial charge in [-0.1, -0.05) is 37.3 Å². The Morgan fingerprint density at radius 1 is 1.18 bits per heavy atom. The van der Waals surface area contributed by atoms with Crippen molar-refractivity contribution < 1.29 is 0 Å². The molecule has 4 nitrogen and oxygen atoms in total. The number of hydrogen-bond donors (Lipinski definition) is 1. The van der Waals surface area contributed by atoms with Crippen LogP contribution in [0.4, 0.5) is 0 Å². The van der Waals surface area contributed by atoms with Crippen LogP contribution in [-0.2, 0) is 13.6 Å². The Labute approximate surface area is 102 Å². The molecule has 1 aromatic carbocycles. The Bertz CT molecular complexity index is 462. The van der Waals surface area contributed by atoms with Crippen molar-refractivity contribution in [2.24, 2.45) is 7.05 Å². The molecule has 0 bridgehead atoms. The van der Waals surface area contributed by atoms with E-state index in [4.69, 9.17) is 0 Å². The maximum atomic E-state index is 4.43. The van der Waals surface area contributed by atoms with Gasteiger partial charge in [0.1, 0.15) is 11.4 Å². The molecule has 0 aliphatic rings. The summed E-state index contributed by atoms with van der Waals surface area (Å²) in [4.78, 5) is 1.63. The summed E-state index contributed by atoms with van der Waals surface area (Å²) in [5.41, 5.74) is 3.10. The van der Waals surface area contributed by atoms with Gasteiger partial charge in [-0.05, 0) is 13.0 Å². The topological polar surface area (TPSA) is 42.7 Å². The summed E-state index contributed by atoms with van der Waals surface area (Å²) in [6.07, 6.45) is 1.13. The maximum absolute atomic E-state index is 4.43. The van der Waals surface area contributed by atoms with Gasteiger partial charge in [0.05, 0.1) is 0 Å². The second-order valence-corrected chi connectivity index (χ2v) is 4.03. The van der Waals surface area contributed by atoms with Crippen LogP contribution in [0.3, 0.4) is 0 Å². The van der Waals surface area contributed by atoms with Crippen molar-refractivity contribution in [3.8, 4) is 11.3 Å². The van der Waals surface area contributed by atoms with Gasteiger partial charge in [-0.3, -0.25) is 0 Å². The molecule has 0 aliphatic carbocycles. The zero-order valence-corrected chi connectivity index (χ0v) is 10.3. The summed E-state index contributed by atoms with van der Waals surface area (Å²) in [6.45, 7) is 3.93. The quantitative estimate of drug-likeness (QED) is 0.799. The number of nitrogens with zero attached hydrogens (tertiary/aromatic N) is 3. The zero-order chi connectivity index (χ0) is 12.1. The van der Waals surface area contributed by atoms with Gasteiger partial charge in [0.2, 0.25) is 0 Å². The molecule has 0 atom stereocenters. The molecule has 0 fully saturated rings. The lowest BCUT2D eigenvalue weighted by atomic mass is 10.1. The first kappa shape index (κ1) is 11.8. The van der Waals surface area contributed by atoms with Crippen LogP contribution in [0.25, 0.3) is 11.3 Å². The van der Waals surface area contributed by atoms with E-state index in [-0.39, 0.29) is 0 Å². The third kappa shape index (κ3) is 2.91. The molecule has 1 aromatic heterocycles. The molecule has 17 heavy (non-hydrogen) atoms. The molecule has 4 heteroatoms. The Morgan fingerprint density at radius 2 is 1.94 bits per heavy atom. The van der Waals surface area contributed by atoms with Crippen LogP contribution in [0.15, 0.2) is 30.3 Å². The Hall–Kier alpha value is -1.68. The number of rotatable bonds is 5. The third-order valence-corrected chi connectivity index (χ3v) is 2.55.